The average molecular weight is 265 g/mol. The summed E-state index contributed by atoms with van der Waals surface area (Å²) in [7, 11) is 0. The Morgan fingerprint density at radius 1 is 1.26 bits per heavy atom. The summed E-state index contributed by atoms with van der Waals surface area (Å²) >= 11 is 0. The molecule has 2 rings (SSSR count). The molecule has 1 aliphatic rings. The van der Waals surface area contributed by atoms with Crippen molar-refractivity contribution in [3.63, 3.8) is 0 Å². The van der Waals surface area contributed by atoms with Crippen molar-refractivity contribution >= 4 is 5.82 Å². The lowest BCUT2D eigenvalue weighted by Crippen LogP contribution is -2.27. The fourth-order valence-electron chi connectivity index (χ4n) is 2.42. The van der Waals surface area contributed by atoms with Crippen molar-refractivity contribution in [3.05, 3.63) is 23.6 Å². The van der Waals surface area contributed by atoms with Gasteiger partial charge < -0.3 is 10.2 Å². The van der Waals surface area contributed by atoms with Gasteiger partial charge in [-0.3, -0.25) is 0 Å². The van der Waals surface area contributed by atoms with Gasteiger partial charge in [0.2, 0.25) is 0 Å². The van der Waals surface area contributed by atoms with Gasteiger partial charge in [0.25, 0.3) is 0 Å². The number of hydrogen-bond acceptors (Lipinski definition) is 3. The third-order valence-electron chi connectivity index (χ3n) is 3.56. The Morgan fingerprint density at radius 3 is 2.58 bits per heavy atom. The predicted molar refractivity (Wildman–Crippen MR) is 76.9 cm³/mol. The van der Waals surface area contributed by atoms with Crippen molar-refractivity contribution < 1.29 is 4.39 Å². The zero-order valence-electron chi connectivity index (χ0n) is 12.0. The van der Waals surface area contributed by atoms with Crippen molar-refractivity contribution in [1.29, 1.82) is 0 Å². The van der Waals surface area contributed by atoms with Crippen molar-refractivity contribution in [2.45, 2.75) is 52.1 Å². The summed E-state index contributed by atoms with van der Waals surface area (Å²) in [5.41, 5.74) is 0.711. The van der Waals surface area contributed by atoms with Gasteiger partial charge in [0, 0.05) is 37.4 Å². The molecule has 3 nitrogen and oxygen atoms in total. The van der Waals surface area contributed by atoms with Gasteiger partial charge in [-0.15, -0.1) is 0 Å². The number of rotatable bonds is 4. The van der Waals surface area contributed by atoms with E-state index in [4.69, 9.17) is 0 Å². The second-order valence-electron chi connectivity index (χ2n) is 5.54. The van der Waals surface area contributed by atoms with Gasteiger partial charge in [0.1, 0.15) is 0 Å². The van der Waals surface area contributed by atoms with Crippen LogP contribution in [-0.2, 0) is 6.54 Å². The highest BCUT2D eigenvalue weighted by Crippen LogP contribution is 2.22. The summed E-state index contributed by atoms with van der Waals surface area (Å²) in [5, 5.41) is 3.26. The SMILES string of the molecule is CC(C)NCc1ccnc(N2CCCCCC2)c1F. The Bertz CT molecular complexity index is 398. The first kappa shape index (κ1) is 14.3. The minimum absolute atomic E-state index is 0.155. The van der Waals surface area contributed by atoms with Gasteiger partial charge in [0.05, 0.1) is 0 Å². The van der Waals surface area contributed by atoms with Gasteiger partial charge in [-0.05, 0) is 18.9 Å². The zero-order chi connectivity index (χ0) is 13.7. The van der Waals surface area contributed by atoms with Crippen molar-refractivity contribution in [2.75, 3.05) is 18.0 Å². The summed E-state index contributed by atoms with van der Waals surface area (Å²) < 4.78 is 14.5. The minimum atomic E-state index is -0.155. The normalized spacial score (nSPS) is 16.7. The molecule has 1 aromatic rings. The molecule has 0 radical (unpaired) electrons. The van der Waals surface area contributed by atoms with Crippen LogP contribution in [0.15, 0.2) is 12.3 Å². The van der Waals surface area contributed by atoms with E-state index in [2.05, 4.69) is 29.0 Å². The maximum atomic E-state index is 14.5. The van der Waals surface area contributed by atoms with Crippen LogP contribution >= 0.6 is 0 Å². The van der Waals surface area contributed by atoms with Gasteiger partial charge in [0.15, 0.2) is 11.6 Å². The number of anilines is 1. The second kappa shape index (κ2) is 6.85. The number of nitrogens with zero attached hydrogens (tertiary/aromatic N) is 2. The van der Waals surface area contributed by atoms with Crippen molar-refractivity contribution in [1.82, 2.24) is 10.3 Å². The van der Waals surface area contributed by atoms with Crippen LogP contribution in [0.5, 0.6) is 0 Å². The average Bonchev–Trinajstić information content (AvgIpc) is 2.66. The Morgan fingerprint density at radius 2 is 1.95 bits per heavy atom. The highest BCUT2D eigenvalue weighted by molar-refractivity contribution is 5.43. The van der Waals surface area contributed by atoms with Gasteiger partial charge in [-0.2, -0.15) is 0 Å². The molecule has 19 heavy (non-hydrogen) atoms. The molecule has 0 unspecified atom stereocenters. The molecule has 0 saturated carbocycles. The van der Waals surface area contributed by atoms with E-state index in [0.717, 1.165) is 25.9 Å². The Kier molecular flexibility index (Phi) is 5.14. The van der Waals surface area contributed by atoms with Crippen LogP contribution in [0.3, 0.4) is 0 Å². The molecule has 4 heteroatoms. The first-order chi connectivity index (χ1) is 9.18. The molecule has 0 aromatic carbocycles. The topological polar surface area (TPSA) is 28.2 Å². The summed E-state index contributed by atoms with van der Waals surface area (Å²) in [6.07, 6.45) is 6.48. The van der Waals surface area contributed by atoms with Gasteiger partial charge in [-0.1, -0.05) is 26.7 Å². The molecule has 0 bridgehead atoms. The lowest BCUT2D eigenvalue weighted by Gasteiger charge is -2.22. The standard InChI is InChI=1S/C15H24FN3/c1-12(2)18-11-13-7-8-17-15(14(13)16)19-9-5-3-4-6-10-19/h7-8,12,18H,3-6,9-11H2,1-2H3. The smallest absolute Gasteiger partial charge is 0.170 e. The summed E-state index contributed by atoms with van der Waals surface area (Å²) in [4.78, 5) is 6.35. The second-order valence-corrected chi connectivity index (χ2v) is 5.54. The molecule has 1 fully saturated rings. The van der Waals surface area contributed by atoms with Crippen molar-refractivity contribution in [2.24, 2.45) is 0 Å². The highest BCUT2D eigenvalue weighted by Gasteiger charge is 2.17. The number of hydrogen-bond donors (Lipinski definition) is 1. The van der Waals surface area contributed by atoms with Gasteiger partial charge >= 0.3 is 0 Å². The van der Waals surface area contributed by atoms with E-state index in [1.807, 2.05) is 0 Å². The van der Waals surface area contributed by atoms with E-state index in [1.54, 1.807) is 12.3 Å². The summed E-state index contributed by atoms with van der Waals surface area (Å²) in [5.74, 6) is 0.377. The Balaban J connectivity index is 2.13. The molecule has 1 N–H and O–H groups in total. The first-order valence-corrected chi connectivity index (χ1v) is 7.30. The molecular weight excluding hydrogens is 241 g/mol. The molecule has 1 aromatic heterocycles. The van der Waals surface area contributed by atoms with Crippen LogP contribution in [0.4, 0.5) is 10.2 Å². The van der Waals surface area contributed by atoms with Crippen LogP contribution in [0.1, 0.15) is 45.1 Å². The number of nitrogens with one attached hydrogen (secondary N) is 1. The first-order valence-electron chi connectivity index (χ1n) is 7.30. The molecule has 1 aliphatic heterocycles. The maximum Gasteiger partial charge on any atom is 0.170 e. The van der Waals surface area contributed by atoms with Crippen LogP contribution in [-0.4, -0.2) is 24.1 Å². The molecule has 0 amide bonds. The quantitative estimate of drug-likeness (QED) is 0.906. The molecule has 1 saturated heterocycles. The largest absolute Gasteiger partial charge is 0.354 e. The van der Waals surface area contributed by atoms with E-state index < -0.39 is 0 Å². The predicted octanol–water partition coefficient (Wildman–Crippen LogP) is 3.10. The third-order valence-corrected chi connectivity index (χ3v) is 3.56. The van der Waals surface area contributed by atoms with Crippen LogP contribution < -0.4 is 10.2 Å². The Labute approximate surface area is 115 Å². The summed E-state index contributed by atoms with van der Waals surface area (Å²) in [6, 6.07) is 2.13. The van der Waals surface area contributed by atoms with E-state index in [1.165, 1.54) is 12.8 Å². The molecule has 0 aliphatic carbocycles. The molecular formula is C15H24FN3. The fraction of sp³-hybridized carbons (Fsp3) is 0.667. The Hall–Kier alpha value is -1.16. The van der Waals surface area contributed by atoms with E-state index in [9.17, 15) is 4.39 Å². The molecule has 0 atom stereocenters. The highest BCUT2D eigenvalue weighted by atomic mass is 19.1. The van der Waals surface area contributed by atoms with Gasteiger partial charge in [-0.25, -0.2) is 9.37 Å². The lowest BCUT2D eigenvalue weighted by atomic mass is 10.2. The molecule has 0 spiro atoms. The van der Waals surface area contributed by atoms with E-state index in [-0.39, 0.29) is 5.82 Å². The van der Waals surface area contributed by atoms with Crippen LogP contribution in [0, 0.1) is 5.82 Å². The third kappa shape index (κ3) is 3.90. The fourth-order valence-corrected chi connectivity index (χ4v) is 2.42. The maximum absolute atomic E-state index is 14.5. The molecule has 2 heterocycles. The van der Waals surface area contributed by atoms with Crippen molar-refractivity contribution in [3.8, 4) is 0 Å². The lowest BCUT2D eigenvalue weighted by molar-refractivity contribution is 0.546. The molecule has 106 valence electrons. The number of pyridine rings is 1. The minimum Gasteiger partial charge on any atom is -0.354 e. The number of halogens is 1. The number of aromatic nitrogens is 1. The van der Waals surface area contributed by atoms with Crippen LogP contribution in [0.2, 0.25) is 0 Å². The van der Waals surface area contributed by atoms with E-state index in [0.29, 0.717) is 24.0 Å². The van der Waals surface area contributed by atoms with Crippen LogP contribution in [0.25, 0.3) is 0 Å². The monoisotopic (exact) mass is 265 g/mol. The zero-order valence-corrected chi connectivity index (χ0v) is 12.0. The van der Waals surface area contributed by atoms with E-state index >= 15 is 0 Å². The summed E-state index contributed by atoms with van der Waals surface area (Å²) in [6.45, 7) is 6.53.